The van der Waals surface area contributed by atoms with Gasteiger partial charge < -0.3 is 15.8 Å². The highest BCUT2D eigenvalue weighted by Crippen LogP contribution is 2.24. The van der Waals surface area contributed by atoms with Gasteiger partial charge in [0.05, 0.1) is 23.9 Å². The van der Waals surface area contributed by atoms with Gasteiger partial charge in [0.2, 0.25) is 11.8 Å². The van der Waals surface area contributed by atoms with E-state index in [-0.39, 0.29) is 24.5 Å². The number of ether oxygens (including phenoxy) is 1. The van der Waals surface area contributed by atoms with Crippen LogP contribution in [-0.2, 0) is 20.9 Å². The van der Waals surface area contributed by atoms with E-state index < -0.39 is 5.91 Å². The van der Waals surface area contributed by atoms with Crippen LogP contribution in [0.5, 0.6) is 0 Å². The molecular formula is C13H20N4O3. The van der Waals surface area contributed by atoms with Crippen LogP contribution in [0.4, 0.5) is 5.69 Å². The third kappa shape index (κ3) is 3.57. The van der Waals surface area contributed by atoms with Gasteiger partial charge in [0, 0.05) is 12.8 Å². The maximum absolute atomic E-state index is 12.2. The van der Waals surface area contributed by atoms with Crippen molar-refractivity contribution in [2.45, 2.75) is 38.8 Å². The standard InChI is InChI=1S/C13H20N4O3/c1-2-11-10(4-3-5-20-11)13(19)16-9-6-15-17(7-9)8-12(14)18/h6-7,10-11H,2-5,8H2,1H3,(H2,14,18)(H,16,19). The Morgan fingerprint density at radius 3 is 3.10 bits per heavy atom. The number of rotatable bonds is 5. The molecule has 2 atom stereocenters. The number of primary amides is 1. The van der Waals surface area contributed by atoms with Crippen molar-refractivity contribution in [3.8, 4) is 0 Å². The van der Waals surface area contributed by atoms with E-state index in [0.29, 0.717) is 5.69 Å². The van der Waals surface area contributed by atoms with Gasteiger partial charge in [-0.3, -0.25) is 14.3 Å². The number of nitrogens with one attached hydrogen (secondary N) is 1. The van der Waals surface area contributed by atoms with Gasteiger partial charge in [0.25, 0.3) is 0 Å². The van der Waals surface area contributed by atoms with E-state index in [0.717, 1.165) is 25.9 Å². The van der Waals surface area contributed by atoms with E-state index in [1.54, 1.807) is 6.20 Å². The van der Waals surface area contributed by atoms with Gasteiger partial charge in [-0.1, -0.05) is 6.92 Å². The summed E-state index contributed by atoms with van der Waals surface area (Å²) < 4.78 is 7.01. The van der Waals surface area contributed by atoms with Gasteiger partial charge in [-0.25, -0.2) is 0 Å². The minimum absolute atomic E-state index is 0.00000480. The smallest absolute Gasteiger partial charge is 0.239 e. The maximum Gasteiger partial charge on any atom is 0.239 e. The van der Waals surface area contributed by atoms with Crippen molar-refractivity contribution in [1.82, 2.24) is 9.78 Å². The highest BCUT2D eigenvalue weighted by atomic mass is 16.5. The van der Waals surface area contributed by atoms with Crippen LogP contribution >= 0.6 is 0 Å². The highest BCUT2D eigenvalue weighted by molar-refractivity contribution is 5.92. The average Bonchev–Trinajstić information content (AvgIpc) is 2.85. The first-order valence-electron chi connectivity index (χ1n) is 6.83. The lowest BCUT2D eigenvalue weighted by atomic mass is 9.92. The maximum atomic E-state index is 12.2. The summed E-state index contributed by atoms with van der Waals surface area (Å²) >= 11 is 0. The fraction of sp³-hybridized carbons (Fsp3) is 0.615. The van der Waals surface area contributed by atoms with Crippen LogP contribution < -0.4 is 11.1 Å². The summed E-state index contributed by atoms with van der Waals surface area (Å²) in [6, 6.07) is 0. The lowest BCUT2D eigenvalue weighted by molar-refractivity contribution is -0.129. The zero-order chi connectivity index (χ0) is 14.5. The van der Waals surface area contributed by atoms with Crippen molar-refractivity contribution in [1.29, 1.82) is 0 Å². The summed E-state index contributed by atoms with van der Waals surface area (Å²) in [5, 5.41) is 6.78. The normalized spacial score (nSPS) is 22.4. The van der Waals surface area contributed by atoms with Crippen molar-refractivity contribution >= 4 is 17.5 Å². The van der Waals surface area contributed by atoms with Gasteiger partial charge in [-0.2, -0.15) is 5.10 Å². The fourth-order valence-corrected chi connectivity index (χ4v) is 2.45. The molecule has 3 N–H and O–H groups in total. The molecule has 1 fully saturated rings. The fourth-order valence-electron chi connectivity index (χ4n) is 2.45. The molecule has 0 aliphatic carbocycles. The first-order valence-corrected chi connectivity index (χ1v) is 6.83. The Kier molecular flexibility index (Phi) is 4.73. The van der Waals surface area contributed by atoms with Crippen molar-refractivity contribution < 1.29 is 14.3 Å². The van der Waals surface area contributed by atoms with E-state index in [1.165, 1.54) is 10.9 Å². The van der Waals surface area contributed by atoms with Gasteiger partial charge >= 0.3 is 0 Å². The van der Waals surface area contributed by atoms with E-state index in [1.807, 2.05) is 6.92 Å². The minimum Gasteiger partial charge on any atom is -0.377 e. The molecular weight excluding hydrogens is 260 g/mol. The molecule has 1 aliphatic heterocycles. The largest absolute Gasteiger partial charge is 0.377 e. The molecule has 2 heterocycles. The molecule has 0 bridgehead atoms. The van der Waals surface area contributed by atoms with Crippen LogP contribution in [0.15, 0.2) is 12.4 Å². The van der Waals surface area contributed by atoms with Crippen LogP contribution in [0.1, 0.15) is 26.2 Å². The van der Waals surface area contributed by atoms with Crippen molar-refractivity contribution in [3.05, 3.63) is 12.4 Å². The second-order valence-corrected chi connectivity index (χ2v) is 4.95. The van der Waals surface area contributed by atoms with Crippen LogP contribution in [0.3, 0.4) is 0 Å². The molecule has 1 aliphatic rings. The number of amides is 2. The second kappa shape index (κ2) is 6.51. The van der Waals surface area contributed by atoms with E-state index >= 15 is 0 Å². The molecule has 1 aromatic heterocycles. The molecule has 7 heteroatoms. The summed E-state index contributed by atoms with van der Waals surface area (Å²) in [5.74, 6) is -0.666. The molecule has 0 aromatic carbocycles. The third-order valence-corrected chi connectivity index (χ3v) is 3.40. The van der Waals surface area contributed by atoms with E-state index in [9.17, 15) is 9.59 Å². The summed E-state index contributed by atoms with van der Waals surface area (Å²) in [6.07, 6.45) is 5.62. The molecule has 1 saturated heterocycles. The van der Waals surface area contributed by atoms with Crippen molar-refractivity contribution in [3.63, 3.8) is 0 Å². The molecule has 20 heavy (non-hydrogen) atoms. The number of hydrogen-bond acceptors (Lipinski definition) is 4. The quantitative estimate of drug-likeness (QED) is 0.821. The first-order chi connectivity index (χ1) is 9.60. The molecule has 2 rings (SSSR count). The lowest BCUT2D eigenvalue weighted by Gasteiger charge is -2.29. The monoisotopic (exact) mass is 280 g/mol. The third-order valence-electron chi connectivity index (χ3n) is 3.40. The average molecular weight is 280 g/mol. The predicted octanol–water partition coefficient (Wildman–Crippen LogP) is 0.512. The van der Waals surface area contributed by atoms with Gasteiger partial charge in [-0.05, 0) is 19.3 Å². The van der Waals surface area contributed by atoms with Crippen molar-refractivity contribution in [2.24, 2.45) is 11.7 Å². The molecule has 2 amide bonds. The Hall–Kier alpha value is -1.89. The predicted molar refractivity (Wildman–Crippen MR) is 72.8 cm³/mol. The number of hydrogen-bond donors (Lipinski definition) is 2. The number of aromatic nitrogens is 2. The Labute approximate surface area is 117 Å². The highest BCUT2D eigenvalue weighted by Gasteiger charge is 2.30. The second-order valence-electron chi connectivity index (χ2n) is 4.95. The molecule has 2 unspecified atom stereocenters. The topological polar surface area (TPSA) is 99.2 Å². The SMILES string of the molecule is CCC1OCCCC1C(=O)Nc1cnn(CC(N)=O)c1. The molecule has 0 spiro atoms. The van der Waals surface area contributed by atoms with Crippen LogP contribution in [0.2, 0.25) is 0 Å². The van der Waals surface area contributed by atoms with Crippen LogP contribution in [0.25, 0.3) is 0 Å². The Morgan fingerprint density at radius 1 is 1.60 bits per heavy atom. The first kappa shape index (κ1) is 14.5. The van der Waals surface area contributed by atoms with Crippen LogP contribution in [-0.4, -0.2) is 34.3 Å². The molecule has 7 nitrogen and oxygen atoms in total. The zero-order valence-corrected chi connectivity index (χ0v) is 11.5. The molecule has 0 saturated carbocycles. The Bertz CT molecular complexity index is 486. The summed E-state index contributed by atoms with van der Waals surface area (Å²) in [4.78, 5) is 23.0. The lowest BCUT2D eigenvalue weighted by Crippen LogP contribution is -2.37. The van der Waals surface area contributed by atoms with Crippen LogP contribution in [0, 0.1) is 5.92 Å². The summed E-state index contributed by atoms with van der Waals surface area (Å²) in [7, 11) is 0. The summed E-state index contributed by atoms with van der Waals surface area (Å²) in [5.41, 5.74) is 5.65. The Morgan fingerprint density at radius 2 is 2.40 bits per heavy atom. The summed E-state index contributed by atoms with van der Waals surface area (Å²) in [6.45, 7) is 2.74. The number of anilines is 1. The number of carbonyl (C=O) groups excluding carboxylic acids is 2. The Balaban J connectivity index is 1.96. The van der Waals surface area contributed by atoms with E-state index in [4.69, 9.17) is 10.5 Å². The minimum atomic E-state index is -0.474. The zero-order valence-electron chi connectivity index (χ0n) is 11.5. The van der Waals surface area contributed by atoms with Crippen molar-refractivity contribution in [2.75, 3.05) is 11.9 Å². The van der Waals surface area contributed by atoms with E-state index in [2.05, 4.69) is 10.4 Å². The number of nitrogens with zero attached hydrogens (tertiary/aromatic N) is 2. The molecule has 0 radical (unpaired) electrons. The molecule has 110 valence electrons. The van der Waals surface area contributed by atoms with Gasteiger partial charge in [-0.15, -0.1) is 0 Å². The van der Waals surface area contributed by atoms with Gasteiger partial charge in [0.1, 0.15) is 6.54 Å². The molecule has 1 aromatic rings. The van der Waals surface area contributed by atoms with Gasteiger partial charge in [0.15, 0.2) is 0 Å². The number of nitrogens with two attached hydrogens (primary N) is 1. The number of carbonyl (C=O) groups is 2.